The molecule has 5 rings (SSSR count). The molecule has 1 N–H and O–H groups in total. The number of benzene rings is 2. The summed E-state index contributed by atoms with van der Waals surface area (Å²) >= 11 is 0. The highest BCUT2D eigenvalue weighted by Gasteiger charge is 2.22. The molecular weight excluding hydrogens is 420 g/mol. The fraction of sp³-hybridized carbons (Fsp3) is 0.276. The summed E-state index contributed by atoms with van der Waals surface area (Å²) in [5.41, 5.74) is 6.86. The van der Waals surface area contributed by atoms with Crippen LogP contribution in [0.5, 0.6) is 0 Å². The minimum atomic E-state index is 0.0376. The zero-order valence-electron chi connectivity index (χ0n) is 19.4. The number of rotatable bonds is 8. The second kappa shape index (κ2) is 10.5. The Morgan fingerprint density at radius 1 is 0.882 bits per heavy atom. The van der Waals surface area contributed by atoms with E-state index in [0.29, 0.717) is 19.5 Å². The van der Waals surface area contributed by atoms with E-state index in [-0.39, 0.29) is 11.8 Å². The predicted molar refractivity (Wildman–Crippen MR) is 134 cm³/mol. The second-order valence-electron chi connectivity index (χ2n) is 8.85. The van der Waals surface area contributed by atoms with Crippen molar-refractivity contribution in [3.63, 3.8) is 0 Å². The molecule has 0 saturated heterocycles. The van der Waals surface area contributed by atoms with Crippen molar-refractivity contribution in [2.24, 2.45) is 0 Å². The molecule has 1 aliphatic carbocycles. The zero-order valence-corrected chi connectivity index (χ0v) is 19.4. The number of aromatic nitrogens is 3. The van der Waals surface area contributed by atoms with Crippen molar-refractivity contribution >= 4 is 5.91 Å². The third-order valence-electron chi connectivity index (χ3n) is 6.60. The summed E-state index contributed by atoms with van der Waals surface area (Å²) in [6, 6.07) is 26.5. The van der Waals surface area contributed by atoms with Gasteiger partial charge in [-0.25, -0.2) is 0 Å². The first-order valence-corrected chi connectivity index (χ1v) is 12.2. The van der Waals surface area contributed by atoms with Crippen LogP contribution in [-0.2, 0) is 24.2 Å². The summed E-state index contributed by atoms with van der Waals surface area (Å²) in [5.74, 6) is 0.0966. The molecule has 0 atom stereocenters. The van der Waals surface area contributed by atoms with Gasteiger partial charge in [-0.05, 0) is 48.9 Å². The van der Waals surface area contributed by atoms with E-state index in [4.69, 9.17) is 5.10 Å². The van der Waals surface area contributed by atoms with E-state index in [1.54, 1.807) is 0 Å². The maximum atomic E-state index is 13.0. The minimum absolute atomic E-state index is 0.0376. The third kappa shape index (κ3) is 4.93. The van der Waals surface area contributed by atoms with Crippen LogP contribution < -0.4 is 5.32 Å². The van der Waals surface area contributed by atoms with Crippen LogP contribution in [0.2, 0.25) is 0 Å². The molecular formula is C29H30N4O. The van der Waals surface area contributed by atoms with Gasteiger partial charge in [0.15, 0.2) is 0 Å². The van der Waals surface area contributed by atoms with Crippen molar-refractivity contribution in [2.75, 3.05) is 6.54 Å². The van der Waals surface area contributed by atoms with Crippen molar-refractivity contribution in [3.05, 3.63) is 107 Å². The summed E-state index contributed by atoms with van der Waals surface area (Å²) in [6.45, 7) is 1.23. The van der Waals surface area contributed by atoms with E-state index in [2.05, 4.69) is 39.2 Å². The van der Waals surface area contributed by atoms with Gasteiger partial charge < -0.3 is 5.32 Å². The fourth-order valence-electron chi connectivity index (χ4n) is 4.92. The zero-order chi connectivity index (χ0) is 23.2. The molecule has 34 heavy (non-hydrogen) atoms. The van der Waals surface area contributed by atoms with E-state index in [0.717, 1.165) is 35.4 Å². The number of nitrogens with zero attached hydrogens (tertiary/aromatic N) is 3. The Morgan fingerprint density at radius 2 is 1.56 bits per heavy atom. The van der Waals surface area contributed by atoms with Gasteiger partial charge in [-0.3, -0.25) is 14.5 Å². The van der Waals surface area contributed by atoms with E-state index in [9.17, 15) is 4.79 Å². The highest BCUT2D eigenvalue weighted by atomic mass is 16.1. The fourth-order valence-corrected chi connectivity index (χ4v) is 4.92. The van der Waals surface area contributed by atoms with Crippen molar-refractivity contribution in [2.45, 2.75) is 44.6 Å². The van der Waals surface area contributed by atoms with Crippen LogP contribution in [-0.4, -0.2) is 27.2 Å². The van der Waals surface area contributed by atoms with Crippen LogP contribution in [0.15, 0.2) is 85.1 Å². The summed E-state index contributed by atoms with van der Waals surface area (Å²) in [6.07, 6.45) is 6.69. The van der Waals surface area contributed by atoms with Gasteiger partial charge >= 0.3 is 0 Å². The number of hydrogen-bond donors (Lipinski definition) is 1. The molecule has 0 radical (unpaired) electrons. The molecule has 0 aliphatic heterocycles. The third-order valence-corrected chi connectivity index (χ3v) is 6.60. The van der Waals surface area contributed by atoms with Crippen LogP contribution in [0.4, 0.5) is 0 Å². The Labute approximate surface area is 200 Å². The largest absolute Gasteiger partial charge is 0.354 e. The Morgan fingerprint density at radius 3 is 2.24 bits per heavy atom. The Balaban J connectivity index is 1.27. The van der Waals surface area contributed by atoms with Gasteiger partial charge in [0.05, 0.1) is 12.2 Å². The van der Waals surface area contributed by atoms with Gasteiger partial charge in [0.2, 0.25) is 5.91 Å². The number of pyridine rings is 1. The van der Waals surface area contributed by atoms with Crippen molar-refractivity contribution < 1.29 is 4.79 Å². The molecule has 172 valence electrons. The maximum Gasteiger partial charge on any atom is 0.221 e. The van der Waals surface area contributed by atoms with Crippen LogP contribution in [0.1, 0.15) is 47.6 Å². The molecule has 0 saturated carbocycles. The molecule has 2 aromatic carbocycles. The monoisotopic (exact) mass is 450 g/mol. The van der Waals surface area contributed by atoms with E-state index < -0.39 is 0 Å². The molecule has 0 fully saturated rings. The molecule has 5 nitrogen and oxygen atoms in total. The van der Waals surface area contributed by atoms with Crippen molar-refractivity contribution in [3.8, 4) is 11.4 Å². The van der Waals surface area contributed by atoms with Crippen LogP contribution >= 0.6 is 0 Å². The number of amides is 1. The molecule has 2 aromatic heterocycles. The SMILES string of the molecule is O=C(CC(c1ccccc1)c1ccccc1)NCCn1nc(-c2ccccn2)c2c1CCCC2. The molecule has 1 aliphatic rings. The number of nitrogens with one attached hydrogen (secondary N) is 1. The molecule has 4 aromatic rings. The Bertz CT molecular complexity index is 1180. The van der Waals surface area contributed by atoms with Crippen LogP contribution in [0.3, 0.4) is 0 Å². The van der Waals surface area contributed by atoms with E-state index in [1.165, 1.54) is 24.1 Å². The summed E-state index contributed by atoms with van der Waals surface area (Å²) < 4.78 is 2.09. The van der Waals surface area contributed by atoms with Gasteiger partial charge in [-0.1, -0.05) is 66.7 Å². The van der Waals surface area contributed by atoms with Gasteiger partial charge in [-0.15, -0.1) is 0 Å². The van der Waals surface area contributed by atoms with Crippen LogP contribution in [0.25, 0.3) is 11.4 Å². The van der Waals surface area contributed by atoms with Gasteiger partial charge in [0, 0.05) is 36.3 Å². The lowest BCUT2D eigenvalue weighted by atomic mass is 9.88. The average molecular weight is 451 g/mol. The number of fused-ring (bicyclic) bond motifs is 1. The number of hydrogen-bond acceptors (Lipinski definition) is 3. The number of carbonyl (C=O) groups is 1. The second-order valence-corrected chi connectivity index (χ2v) is 8.85. The first kappa shape index (κ1) is 22.1. The van der Waals surface area contributed by atoms with E-state index in [1.807, 2.05) is 60.8 Å². The van der Waals surface area contributed by atoms with Crippen molar-refractivity contribution in [1.29, 1.82) is 0 Å². The quantitative estimate of drug-likeness (QED) is 0.403. The Hall–Kier alpha value is -3.73. The highest BCUT2D eigenvalue weighted by molar-refractivity contribution is 5.77. The molecule has 5 heteroatoms. The molecule has 1 amide bonds. The summed E-state index contributed by atoms with van der Waals surface area (Å²) in [4.78, 5) is 17.5. The average Bonchev–Trinajstić information content (AvgIpc) is 3.27. The molecule has 0 bridgehead atoms. The normalized spacial score (nSPS) is 13.0. The first-order valence-electron chi connectivity index (χ1n) is 12.2. The van der Waals surface area contributed by atoms with Gasteiger partial charge in [0.25, 0.3) is 0 Å². The maximum absolute atomic E-state index is 13.0. The first-order chi connectivity index (χ1) is 16.8. The summed E-state index contributed by atoms with van der Waals surface area (Å²) in [7, 11) is 0. The minimum Gasteiger partial charge on any atom is -0.354 e. The van der Waals surface area contributed by atoms with Crippen LogP contribution in [0, 0.1) is 0 Å². The van der Waals surface area contributed by atoms with E-state index >= 15 is 0 Å². The smallest absolute Gasteiger partial charge is 0.221 e. The summed E-state index contributed by atoms with van der Waals surface area (Å²) in [5, 5.41) is 8.06. The number of carbonyl (C=O) groups excluding carboxylic acids is 1. The predicted octanol–water partition coefficient (Wildman–Crippen LogP) is 5.16. The standard InChI is InChI=1S/C29H30N4O/c34-28(21-25(22-11-3-1-4-12-22)23-13-5-2-6-14-23)31-19-20-33-27-17-8-7-15-24(27)29(32-33)26-16-9-10-18-30-26/h1-6,9-14,16,18,25H,7-8,15,17,19-21H2,(H,31,34). The van der Waals surface area contributed by atoms with Gasteiger partial charge in [-0.2, -0.15) is 5.10 Å². The lowest BCUT2D eigenvalue weighted by molar-refractivity contribution is -0.121. The molecule has 0 unspecified atom stereocenters. The molecule has 0 spiro atoms. The lowest BCUT2D eigenvalue weighted by Gasteiger charge is -2.18. The lowest BCUT2D eigenvalue weighted by Crippen LogP contribution is -2.29. The van der Waals surface area contributed by atoms with Crippen molar-refractivity contribution in [1.82, 2.24) is 20.1 Å². The Kier molecular flexibility index (Phi) is 6.80. The highest BCUT2D eigenvalue weighted by Crippen LogP contribution is 2.30. The topological polar surface area (TPSA) is 59.8 Å². The van der Waals surface area contributed by atoms with Gasteiger partial charge in [0.1, 0.15) is 5.69 Å². The molecule has 2 heterocycles.